The summed E-state index contributed by atoms with van der Waals surface area (Å²) in [5.41, 5.74) is 1.39. The molecule has 0 aliphatic heterocycles. The van der Waals surface area contributed by atoms with Crippen LogP contribution in [0.25, 0.3) is 0 Å². The second-order valence-corrected chi connectivity index (χ2v) is 4.83. The average molecular weight is 291 g/mol. The molecule has 1 N–H and O–H groups in total. The second kappa shape index (κ2) is 7.08. The largest absolute Gasteiger partial charge is 0.461 e. The first-order valence-electron chi connectivity index (χ1n) is 6.29. The summed E-state index contributed by atoms with van der Waals surface area (Å²) in [6.45, 7) is 0.0373. The van der Waals surface area contributed by atoms with E-state index in [1.807, 2.05) is 18.2 Å². The SMILES string of the molecule is O=C(OC[C@@H](CO)c1ccc(Cl)cc1)c1ccccc1. The van der Waals surface area contributed by atoms with Crippen LogP contribution in [0.15, 0.2) is 54.6 Å². The van der Waals surface area contributed by atoms with E-state index in [1.165, 1.54) is 0 Å². The summed E-state index contributed by atoms with van der Waals surface area (Å²) < 4.78 is 5.23. The summed E-state index contributed by atoms with van der Waals surface area (Å²) in [6, 6.07) is 15.9. The predicted octanol–water partition coefficient (Wildman–Crippen LogP) is 3.27. The Hall–Kier alpha value is -1.84. The van der Waals surface area contributed by atoms with Crippen molar-refractivity contribution >= 4 is 17.6 Å². The van der Waals surface area contributed by atoms with Gasteiger partial charge in [-0.25, -0.2) is 4.79 Å². The van der Waals surface area contributed by atoms with E-state index in [-0.39, 0.29) is 19.1 Å². The lowest BCUT2D eigenvalue weighted by Crippen LogP contribution is -2.16. The number of carbonyl (C=O) groups excluding carboxylic acids is 1. The maximum Gasteiger partial charge on any atom is 0.338 e. The van der Waals surface area contributed by atoms with Crippen LogP contribution in [0.5, 0.6) is 0 Å². The number of hydrogen-bond acceptors (Lipinski definition) is 3. The molecular formula is C16H15ClO3. The van der Waals surface area contributed by atoms with Crippen LogP contribution < -0.4 is 0 Å². The highest BCUT2D eigenvalue weighted by molar-refractivity contribution is 6.30. The highest BCUT2D eigenvalue weighted by Gasteiger charge is 2.14. The van der Waals surface area contributed by atoms with E-state index in [1.54, 1.807) is 36.4 Å². The van der Waals surface area contributed by atoms with E-state index in [9.17, 15) is 9.90 Å². The summed E-state index contributed by atoms with van der Waals surface area (Å²) in [4.78, 5) is 11.8. The number of hydrogen-bond donors (Lipinski definition) is 1. The molecule has 0 heterocycles. The Labute approximate surface area is 122 Å². The van der Waals surface area contributed by atoms with Crippen molar-refractivity contribution < 1.29 is 14.6 Å². The van der Waals surface area contributed by atoms with Crippen molar-refractivity contribution in [2.45, 2.75) is 5.92 Å². The van der Waals surface area contributed by atoms with Crippen LogP contribution >= 0.6 is 11.6 Å². The van der Waals surface area contributed by atoms with Crippen LogP contribution in [-0.4, -0.2) is 24.3 Å². The van der Waals surface area contributed by atoms with Crippen molar-refractivity contribution in [3.63, 3.8) is 0 Å². The monoisotopic (exact) mass is 290 g/mol. The highest BCUT2D eigenvalue weighted by Crippen LogP contribution is 2.19. The van der Waals surface area contributed by atoms with Crippen molar-refractivity contribution in [2.75, 3.05) is 13.2 Å². The van der Waals surface area contributed by atoms with Gasteiger partial charge in [-0.3, -0.25) is 0 Å². The van der Waals surface area contributed by atoms with Crippen molar-refractivity contribution in [2.24, 2.45) is 0 Å². The molecule has 104 valence electrons. The molecule has 0 aromatic heterocycles. The maximum absolute atomic E-state index is 11.8. The molecule has 3 nitrogen and oxygen atoms in total. The Morgan fingerprint density at radius 2 is 1.75 bits per heavy atom. The summed E-state index contributed by atoms with van der Waals surface area (Å²) in [5.74, 6) is -0.641. The van der Waals surface area contributed by atoms with Crippen molar-refractivity contribution in [1.29, 1.82) is 0 Å². The number of rotatable bonds is 5. The van der Waals surface area contributed by atoms with Gasteiger partial charge in [0.2, 0.25) is 0 Å². The van der Waals surface area contributed by atoms with Crippen LogP contribution in [0, 0.1) is 0 Å². The fourth-order valence-corrected chi connectivity index (χ4v) is 1.95. The first-order valence-corrected chi connectivity index (χ1v) is 6.67. The summed E-state index contributed by atoms with van der Waals surface area (Å²) in [7, 11) is 0. The molecule has 1 atom stereocenters. The molecule has 0 bridgehead atoms. The quantitative estimate of drug-likeness (QED) is 0.860. The number of ether oxygens (including phenoxy) is 1. The van der Waals surface area contributed by atoms with Gasteiger partial charge >= 0.3 is 5.97 Å². The summed E-state index contributed by atoms with van der Waals surface area (Å²) in [6.07, 6.45) is 0. The van der Waals surface area contributed by atoms with Crippen LogP contribution in [0.2, 0.25) is 5.02 Å². The number of aliphatic hydroxyl groups is 1. The number of halogens is 1. The van der Waals surface area contributed by atoms with Crippen molar-refractivity contribution in [3.05, 3.63) is 70.7 Å². The molecule has 0 fully saturated rings. The van der Waals surface area contributed by atoms with Gasteiger partial charge in [-0.1, -0.05) is 41.9 Å². The van der Waals surface area contributed by atoms with Crippen LogP contribution in [0.4, 0.5) is 0 Å². The normalized spacial score (nSPS) is 11.9. The Kier molecular flexibility index (Phi) is 5.16. The molecule has 2 rings (SSSR count). The predicted molar refractivity (Wildman–Crippen MR) is 78.0 cm³/mol. The molecule has 0 saturated carbocycles. The van der Waals surface area contributed by atoms with E-state index in [4.69, 9.17) is 16.3 Å². The molecule has 0 aliphatic rings. The van der Waals surface area contributed by atoms with E-state index >= 15 is 0 Å². The molecule has 0 unspecified atom stereocenters. The van der Waals surface area contributed by atoms with Gasteiger partial charge in [0.1, 0.15) is 6.61 Å². The highest BCUT2D eigenvalue weighted by atomic mass is 35.5. The van der Waals surface area contributed by atoms with Gasteiger partial charge in [0, 0.05) is 10.9 Å². The lowest BCUT2D eigenvalue weighted by atomic mass is 10.0. The molecule has 4 heteroatoms. The van der Waals surface area contributed by atoms with Gasteiger partial charge in [-0.15, -0.1) is 0 Å². The lowest BCUT2D eigenvalue weighted by Gasteiger charge is -2.15. The third kappa shape index (κ3) is 3.83. The van der Waals surface area contributed by atoms with Gasteiger partial charge in [0.15, 0.2) is 0 Å². The zero-order valence-electron chi connectivity index (χ0n) is 10.8. The molecule has 2 aromatic carbocycles. The van der Waals surface area contributed by atoms with E-state index in [2.05, 4.69) is 0 Å². The minimum atomic E-state index is -0.391. The van der Waals surface area contributed by atoms with Gasteiger partial charge in [0.25, 0.3) is 0 Å². The van der Waals surface area contributed by atoms with Gasteiger partial charge in [-0.05, 0) is 29.8 Å². The van der Waals surface area contributed by atoms with E-state index in [0.29, 0.717) is 10.6 Å². The summed E-state index contributed by atoms with van der Waals surface area (Å²) >= 11 is 5.82. The van der Waals surface area contributed by atoms with Crippen LogP contribution in [0.3, 0.4) is 0 Å². The van der Waals surface area contributed by atoms with Gasteiger partial charge in [0.05, 0.1) is 12.2 Å². The lowest BCUT2D eigenvalue weighted by molar-refractivity contribution is 0.0450. The number of esters is 1. The molecule has 20 heavy (non-hydrogen) atoms. The molecule has 0 radical (unpaired) electrons. The minimum absolute atomic E-state index is 0.0935. The molecular weight excluding hydrogens is 276 g/mol. The first kappa shape index (κ1) is 14.6. The molecule has 0 saturated heterocycles. The minimum Gasteiger partial charge on any atom is -0.461 e. The molecule has 2 aromatic rings. The smallest absolute Gasteiger partial charge is 0.338 e. The maximum atomic E-state index is 11.8. The van der Waals surface area contributed by atoms with Crippen LogP contribution in [0.1, 0.15) is 21.8 Å². The van der Waals surface area contributed by atoms with Gasteiger partial charge < -0.3 is 9.84 Å². The van der Waals surface area contributed by atoms with Crippen molar-refractivity contribution in [3.8, 4) is 0 Å². The van der Waals surface area contributed by atoms with Crippen molar-refractivity contribution in [1.82, 2.24) is 0 Å². The Balaban J connectivity index is 1.97. The fraction of sp³-hybridized carbons (Fsp3) is 0.188. The topological polar surface area (TPSA) is 46.5 Å². The van der Waals surface area contributed by atoms with Crippen LogP contribution in [-0.2, 0) is 4.74 Å². The third-order valence-electron chi connectivity index (χ3n) is 2.99. The molecule has 0 aliphatic carbocycles. The zero-order chi connectivity index (χ0) is 14.4. The van der Waals surface area contributed by atoms with E-state index < -0.39 is 5.97 Å². The standard InChI is InChI=1S/C16H15ClO3/c17-15-8-6-12(7-9-15)14(10-18)11-20-16(19)13-4-2-1-3-5-13/h1-9,14,18H,10-11H2/t14-/m1/s1. The first-order chi connectivity index (χ1) is 9.70. The fourth-order valence-electron chi connectivity index (χ4n) is 1.82. The summed E-state index contributed by atoms with van der Waals surface area (Å²) in [5, 5.41) is 10.0. The van der Waals surface area contributed by atoms with Gasteiger partial charge in [-0.2, -0.15) is 0 Å². The molecule has 0 amide bonds. The molecule has 0 spiro atoms. The zero-order valence-corrected chi connectivity index (χ0v) is 11.6. The Morgan fingerprint density at radius 3 is 2.35 bits per heavy atom. The number of aliphatic hydroxyl groups excluding tert-OH is 1. The Morgan fingerprint density at radius 1 is 1.10 bits per heavy atom. The number of benzene rings is 2. The third-order valence-corrected chi connectivity index (χ3v) is 3.24. The average Bonchev–Trinajstić information content (AvgIpc) is 2.50. The number of carbonyl (C=O) groups is 1. The Bertz CT molecular complexity index is 552. The van der Waals surface area contributed by atoms with E-state index in [0.717, 1.165) is 5.56 Å². The second-order valence-electron chi connectivity index (χ2n) is 4.40.